The first-order valence-electron chi connectivity index (χ1n) is 3.75. The Bertz CT molecular complexity index is 501. The van der Waals surface area contributed by atoms with Crippen molar-refractivity contribution >= 4 is 17.1 Å². The molecule has 4 nitrogen and oxygen atoms in total. The molecular weight excluding hydrogens is 184 g/mol. The number of rotatable bonds is 0. The van der Waals surface area contributed by atoms with Gasteiger partial charge in [-0.05, 0) is 12.1 Å². The zero-order valence-corrected chi connectivity index (χ0v) is 7.10. The van der Waals surface area contributed by atoms with E-state index in [-0.39, 0.29) is 11.6 Å². The number of fused-ring (bicyclic) bond motifs is 1. The molecule has 0 bridgehead atoms. The van der Waals surface area contributed by atoms with Gasteiger partial charge in [-0.2, -0.15) is 9.59 Å². The Morgan fingerprint density at radius 1 is 1.07 bits per heavy atom. The fraction of sp³-hybridized carbons (Fsp3) is 0. The first kappa shape index (κ1) is 9.89. The van der Waals surface area contributed by atoms with E-state index in [1.54, 1.807) is 12.1 Å². The molecule has 0 radical (unpaired) electrons. The van der Waals surface area contributed by atoms with E-state index in [2.05, 4.69) is 0 Å². The SMILES string of the molecule is O=C=O.O=c1ccoc2ccccc12. The number of benzene rings is 1. The van der Waals surface area contributed by atoms with E-state index in [1.165, 1.54) is 12.3 Å². The second kappa shape index (κ2) is 4.74. The fourth-order valence-electron chi connectivity index (χ4n) is 1.03. The number of hydrogen-bond donors (Lipinski definition) is 0. The van der Waals surface area contributed by atoms with Crippen LogP contribution in [-0.2, 0) is 9.59 Å². The van der Waals surface area contributed by atoms with Gasteiger partial charge in [-0.15, -0.1) is 0 Å². The molecule has 1 heterocycles. The zero-order chi connectivity index (χ0) is 10.4. The van der Waals surface area contributed by atoms with Gasteiger partial charge in [0, 0.05) is 6.07 Å². The Labute approximate surface area is 78.8 Å². The summed E-state index contributed by atoms with van der Waals surface area (Å²) in [7, 11) is 0. The van der Waals surface area contributed by atoms with Crippen LogP contribution in [0.15, 0.2) is 45.8 Å². The minimum absolute atomic E-state index is 0.00634. The number of hydrogen-bond acceptors (Lipinski definition) is 4. The molecule has 0 atom stereocenters. The maximum Gasteiger partial charge on any atom is 0.373 e. The fourth-order valence-corrected chi connectivity index (χ4v) is 1.03. The molecule has 0 spiro atoms. The molecule has 1 aromatic heterocycles. The third-order valence-corrected chi connectivity index (χ3v) is 1.57. The van der Waals surface area contributed by atoms with Crippen molar-refractivity contribution in [1.29, 1.82) is 0 Å². The molecule has 0 aliphatic heterocycles. The van der Waals surface area contributed by atoms with Gasteiger partial charge in [0.25, 0.3) is 0 Å². The summed E-state index contributed by atoms with van der Waals surface area (Å²) in [5.74, 6) is 0. The first-order valence-corrected chi connectivity index (χ1v) is 3.75. The van der Waals surface area contributed by atoms with Crippen LogP contribution in [0, 0.1) is 0 Å². The maximum absolute atomic E-state index is 11.1. The summed E-state index contributed by atoms with van der Waals surface area (Å²) < 4.78 is 5.09. The third-order valence-electron chi connectivity index (χ3n) is 1.57. The highest BCUT2D eigenvalue weighted by Gasteiger charge is 1.95. The molecule has 0 N–H and O–H groups in total. The van der Waals surface area contributed by atoms with Crippen molar-refractivity contribution in [3.05, 3.63) is 46.8 Å². The molecule has 1 aromatic carbocycles. The summed E-state index contributed by atoms with van der Waals surface area (Å²) in [4.78, 5) is 27.4. The Hall–Kier alpha value is -2.19. The normalized spacial score (nSPS) is 8.57. The van der Waals surface area contributed by atoms with E-state index in [1.807, 2.05) is 12.1 Å². The minimum atomic E-state index is 0.00634. The molecule has 0 saturated heterocycles. The van der Waals surface area contributed by atoms with Crippen molar-refractivity contribution < 1.29 is 14.0 Å². The molecule has 70 valence electrons. The highest BCUT2D eigenvalue weighted by Crippen LogP contribution is 2.06. The van der Waals surface area contributed by atoms with Gasteiger partial charge in [0.15, 0.2) is 5.43 Å². The van der Waals surface area contributed by atoms with Gasteiger partial charge >= 0.3 is 6.15 Å². The molecule has 0 unspecified atom stereocenters. The third kappa shape index (κ3) is 2.15. The highest BCUT2D eigenvalue weighted by atomic mass is 16.3. The van der Waals surface area contributed by atoms with E-state index < -0.39 is 0 Å². The van der Waals surface area contributed by atoms with Gasteiger partial charge in [-0.1, -0.05) is 12.1 Å². The lowest BCUT2D eigenvalue weighted by atomic mass is 10.2. The molecule has 14 heavy (non-hydrogen) atoms. The van der Waals surface area contributed by atoms with Crippen LogP contribution in [0.5, 0.6) is 0 Å². The van der Waals surface area contributed by atoms with Crippen LogP contribution in [-0.4, -0.2) is 6.15 Å². The van der Waals surface area contributed by atoms with Gasteiger partial charge in [-0.25, -0.2) is 0 Å². The topological polar surface area (TPSA) is 64.3 Å². The average molecular weight is 190 g/mol. The Balaban J connectivity index is 0.000000293. The van der Waals surface area contributed by atoms with Crippen LogP contribution >= 0.6 is 0 Å². The second-order valence-electron chi connectivity index (χ2n) is 2.36. The van der Waals surface area contributed by atoms with E-state index in [4.69, 9.17) is 14.0 Å². The quantitative estimate of drug-likeness (QED) is 0.626. The van der Waals surface area contributed by atoms with E-state index >= 15 is 0 Å². The van der Waals surface area contributed by atoms with Gasteiger partial charge in [0.1, 0.15) is 5.58 Å². The van der Waals surface area contributed by atoms with Crippen LogP contribution in [0.1, 0.15) is 0 Å². The Morgan fingerprint density at radius 3 is 2.36 bits per heavy atom. The van der Waals surface area contributed by atoms with E-state index in [9.17, 15) is 4.79 Å². The molecule has 0 aliphatic carbocycles. The van der Waals surface area contributed by atoms with Crippen LogP contribution in [0.25, 0.3) is 11.0 Å². The van der Waals surface area contributed by atoms with Crippen molar-refractivity contribution in [3.63, 3.8) is 0 Å². The standard InChI is InChI=1S/C9H6O2.CO2/c10-8-5-6-11-9-4-2-1-3-7(8)9;2-1-3/h1-6H;. The summed E-state index contributed by atoms with van der Waals surface area (Å²) in [6, 6.07) is 8.60. The molecule has 0 fully saturated rings. The van der Waals surface area contributed by atoms with Crippen LogP contribution in [0.4, 0.5) is 0 Å². The Morgan fingerprint density at radius 2 is 1.71 bits per heavy atom. The summed E-state index contributed by atoms with van der Waals surface area (Å²) >= 11 is 0. The van der Waals surface area contributed by atoms with Crippen molar-refractivity contribution in [2.45, 2.75) is 0 Å². The predicted molar refractivity (Wildman–Crippen MR) is 47.5 cm³/mol. The van der Waals surface area contributed by atoms with Crippen LogP contribution < -0.4 is 5.43 Å². The zero-order valence-electron chi connectivity index (χ0n) is 7.10. The summed E-state index contributed by atoms with van der Waals surface area (Å²) in [5.41, 5.74) is 0.645. The monoisotopic (exact) mass is 190 g/mol. The molecular formula is C10H6O4. The molecule has 2 rings (SSSR count). The predicted octanol–water partition coefficient (Wildman–Crippen LogP) is 1.21. The smallest absolute Gasteiger partial charge is 0.373 e. The van der Waals surface area contributed by atoms with Crippen LogP contribution in [0.2, 0.25) is 0 Å². The molecule has 2 aromatic rings. The summed E-state index contributed by atoms with van der Waals surface area (Å²) in [6.45, 7) is 0. The van der Waals surface area contributed by atoms with E-state index in [0.717, 1.165) is 0 Å². The van der Waals surface area contributed by atoms with Gasteiger partial charge in [0.2, 0.25) is 0 Å². The van der Waals surface area contributed by atoms with E-state index in [0.29, 0.717) is 11.0 Å². The lowest BCUT2D eigenvalue weighted by Crippen LogP contribution is -1.96. The molecule has 4 heteroatoms. The Kier molecular flexibility index (Phi) is 3.35. The average Bonchev–Trinajstić information content (AvgIpc) is 2.20. The van der Waals surface area contributed by atoms with Gasteiger partial charge in [-0.3, -0.25) is 4.79 Å². The van der Waals surface area contributed by atoms with Crippen molar-refractivity contribution in [2.75, 3.05) is 0 Å². The van der Waals surface area contributed by atoms with Crippen molar-refractivity contribution in [2.24, 2.45) is 0 Å². The highest BCUT2D eigenvalue weighted by molar-refractivity contribution is 5.75. The van der Waals surface area contributed by atoms with Crippen molar-refractivity contribution in [3.8, 4) is 0 Å². The van der Waals surface area contributed by atoms with Crippen LogP contribution in [0.3, 0.4) is 0 Å². The molecule has 0 aliphatic rings. The largest absolute Gasteiger partial charge is 0.464 e. The molecule has 0 amide bonds. The first-order chi connectivity index (χ1) is 6.79. The number of para-hydroxylation sites is 1. The lowest BCUT2D eigenvalue weighted by Gasteiger charge is -1.91. The van der Waals surface area contributed by atoms with Gasteiger partial charge < -0.3 is 4.42 Å². The lowest BCUT2D eigenvalue weighted by molar-refractivity contribution is -0.191. The number of carbonyl (C=O) groups excluding carboxylic acids is 2. The maximum atomic E-state index is 11.1. The minimum Gasteiger partial charge on any atom is -0.464 e. The summed E-state index contributed by atoms with van der Waals surface area (Å²) in [6.07, 6.45) is 1.66. The van der Waals surface area contributed by atoms with Gasteiger partial charge in [0.05, 0.1) is 11.6 Å². The second-order valence-corrected chi connectivity index (χ2v) is 2.36. The molecule has 0 saturated carbocycles. The van der Waals surface area contributed by atoms with Crippen molar-refractivity contribution in [1.82, 2.24) is 0 Å². The summed E-state index contributed by atoms with van der Waals surface area (Å²) in [5, 5.41) is 0.634.